The third kappa shape index (κ3) is 3.73. The highest BCUT2D eigenvalue weighted by Crippen LogP contribution is 2.43. The van der Waals surface area contributed by atoms with Crippen LogP contribution in [0.1, 0.15) is 24.1 Å². The first-order valence-corrected chi connectivity index (χ1v) is 9.96. The summed E-state index contributed by atoms with van der Waals surface area (Å²) in [6, 6.07) is 16.9. The van der Waals surface area contributed by atoms with Gasteiger partial charge in [-0.3, -0.25) is 14.5 Å². The van der Waals surface area contributed by atoms with Crippen LogP contribution < -0.4 is 9.64 Å². The van der Waals surface area contributed by atoms with Crippen LogP contribution in [0.3, 0.4) is 0 Å². The molecule has 1 saturated heterocycles. The van der Waals surface area contributed by atoms with Crippen molar-refractivity contribution in [1.29, 1.82) is 0 Å². The van der Waals surface area contributed by atoms with E-state index in [4.69, 9.17) is 4.74 Å². The Balaban J connectivity index is 1.95. The van der Waals surface area contributed by atoms with Crippen LogP contribution in [0.4, 0.5) is 14.5 Å². The Morgan fingerprint density at radius 1 is 0.969 bits per heavy atom. The number of ketones is 1. The number of rotatable bonds is 5. The first-order chi connectivity index (χ1) is 15.4. The number of carbonyl (C=O) groups is 2. The summed E-state index contributed by atoms with van der Waals surface area (Å²) in [4.78, 5) is 27.1. The molecule has 162 valence electrons. The zero-order chi connectivity index (χ0) is 22.8. The number of carbonyl (C=O) groups excluding carboxylic acids is 2. The number of benzene rings is 3. The second kappa shape index (κ2) is 8.63. The Morgan fingerprint density at radius 2 is 1.72 bits per heavy atom. The Hall–Kier alpha value is -4.00. The van der Waals surface area contributed by atoms with Crippen molar-refractivity contribution in [2.45, 2.75) is 13.0 Å². The van der Waals surface area contributed by atoms with Crippen molar-refractivity contribution in [2.24, 2.45) is 0 Å². The Labute approximate surface area is 183 Å². The topological polar surface area (TPSA) is 66.8 Å². The standard InChI is InChI=1S/C25H19F2NO4/c1-2-32-18-10-6-9-16(13-18)22-21(23(29)15-7-4-3-5-8-15)24(30)25(31)28(22)17-11-12-19(26)20(27)14-17/h3-14,22,29H,2H2,1H3/b23-21+. The summed E-state index contributed by atoms with van der Waals surface area (Å²) < 4.78 is 33.1. The molecular weight excluding hydrogens is 416 g/mol. The molecule has 32 heavy (non-hydrogen) atoms. The summed E-state index contributed by atoms with van der Waals surface area (Å²) in [5.74, 6) is -3.98. The lowest BCUT2D eigenvalue weighted by Crippen LogP contribution is -2.29. The number of amides is 1. The third-order valence-electron chi connectivity index (χ3n) is 5.16. The molecule has 0 spiro atoms. The second-order valence-electron chi connectivity index (χ2n) is 7.14. The average Bonchev–Trinajstić information content (AvgIpc) is 3.07. The summed E-state index contributed by atoms with van der Waals surface area (Å²) >= 11 is 0. The van der Waals surface area contributed by atoms with Gasteiger partial charge >= 0.3 is 0 Å². The van der Waals surface area contributed by atoms with Gasteiger partial charge in [-0.25, -0.2) is 8.78 Å². The van der Waals surface area contributed by atoms with Gasteiger partial charge in [-0.2, -0.15) is 0 Å². The van der Waals surface area contributed by atoms with E-state index in [0.29, 0.717) is 23.5 Å². The summed E-state index contributed by atoms with van der Waals surface area (Å²) in [5.41, 5.74) is 0.656. The molecule has 1 aliphatic heterocycles. The van der Waals surface area contributed by atoms with Crippen molar-refractivity contribution in [2.75, 3.05) is 11.5 Å². The summed E-state index contributed by atoms with van der Waals surface area (Å²) in [6.07, 6.45) is 0. The van der Waals surface area contributed by atoms with E-state index in [-0.39, 0.29) is 17.0 Å². The lowest BCUT2D eigenvalue weighted by Gasteiger charge is -2.26. The van der Waals surface area contributed by atoms with Gasteiger partial charge in [0.25, 0.3) is 11.7 Å². The quantitative estimate of drug-likeness (QED) is 0.348. The second-order valence-corrected chi connectivity index (χ2v) is 7.14. The maximum Gasteiger partial charge on any atom is 0.300 e. The summed E-state index contributed by atoms with van der Waals surface area (Å²) in [5, 5.41) is 11.0. The van der Waals surface area contributed by atoms with Gasteiger partial charge in [0, 0.05) is 17.3 Å². The first kappa shape index (κ1) is 21.2. The van der Waals surface area contributed by atoms with Crippen molar-refractivity contribution < 1.29 is 28.2 Å². The highest BCUT2D eigenvalue weighted by molar-refractivity contribution is 6.51. The van der Waals surface area contributed by atoms with Crippen LogP contribution in [0.25, 0.3) is 5.76 Å². The molecule has 1 N–H and O–H groups in total. The van der Waals surface area contributed by atoms with E-state index in [2.05, 4.69) is 0 Å². The van der Waals surface area contributed by atoms with Crippen LogP contribution in [-0.4, -0.2) is 23.4 Å². The number of halogens is 2. The van der Waals surface area contributed by atoms with Gasteiger partial charge in [-0.15, -0.1) is 0 Å². The molecular formula is C25H19F2NO4. The zero-order valence-corrected chi connectivity index (χ0v) is 17.1. The highest BCUT2D eigenvalue weighted by atomic mass is 19.2. The van der Waals surface area contributed by atoms with Gasteiger partial charge in [0.05, 0.1) is 18.2 Å². The molecule has 1 atom stereocenters. The van der Waals surface area contributed by atoms with Crippen molar-refractivity contribution >= 4 is 23.1 Å². The van der Waals surface area contributed by atoms with Gasteiger partial charge in [-0.1, -0.05) is 42.5 Å². The number of hydrogen-bond donors (Lipinski definition) is 1. The van der Waals surface area contributed by atoms with E-state index in [9.17, 15) is 23.5 Å². The van der Waals surface area contributed by atoms with E-state index in [1.54, 1.807) is 54.6 Å². The molecule has 0 aliphatic carbocycles. The van der Waals surface area contributed by atoms with Crippen LogP contribution in [0, 0.1) is 11.6 Å². The fourth-order valence-electron chi connectivity index (χ4n) is 3.74. The van der Waals surface area contributed by atoms with Crippen molar-refractivity contribution in [1.82, 2.24) is 0 Å². The molecule has 0 aromatic heterocycles. The molecule has 5 nitrogen and oxygen atoms in total. The predicted octanol–water partition coefficient (Wildman–Crippen LogP) is 4.99. The van der Waals surface area contributed by atoms with Gasteiger partial charge in [0.1, 0.15) is 11.5 Å². The van der Waals surface area contributed by atoms with Gasteiger partial charge in [0.2, 0.25) is 0 Å². The molecule has 0 bridgehead atoms. The lowest BCUT2D eigenvalue weighted by molar-refractivity contribution is -0.132. The van der Waals surface area contributed by atoms with E-state index >= 15 is 0 Å². The first-order valence-electron chi connectivity index (χ1n) is 9.96. The minimum absolute atomic E-state index is 0.00933. The Kier molecular flexibility index (Phi) is 5.73. The number of anilines is 1. The largest absolute Gasteiger partial charge is 0.507 e. The SMILES string of the molecule is CCOc1cccc(C2/C(=C(\O)c3ccccc3)C(=O)C(=O)N2c2ccc(F)c(F)c2)c1. The highest BCUT2D eigenvalue weighted by Gasteiger charge is 2.47. The number of aliphatic hydroxyl groups is 1. The maximum atomic E-state index is 14.0. The van der Waals surface area contributed by atoms with Gasteiger partial charge in [-0.05, 0) is 36.8 Å². The van der Waals surface area contributed by atoms with Crippen LogP contribution in [0.5, 0.6) is 5.75 Å². The van der Waals surface area contributed by atoms with Gasteiger partial charge in [0.15, 0.2) is 11.6 Å². The van der Waals surface area contributed by atoms with Crippen molar-refractivity contribution in [3.8, 4) is 5.75 Å². The maximum absolute atomic E-state index is 14.0. The molecule has 1 heterocycles. The molecule has 1 unspecified atom stereocenters. The summed E-state index contributed by atoms with van der Waals surface area (Å²) in [6.45, 7) is 2.21. The van der Waals surface area contributed by atoms with E-state index in [1.165, 1.54) is 6.07 Å². The Morgan fingerprint density at radius 3 is 2.41 bits per heavy atom. The lowest BCUT2D eigenvalue weighted by atomic mass is 9.95. The normalized spacial score (nSPS) is 17.6. The van der Waals surface area contributed by atoms with E-state index in [0.717, 1.165) is 17.0 Å². The van der Waals surface area contributed by atoms with E-state index < -0.39 is 29.4 Å². The van der Waals surface area contributed by atoms with Crippen molar-refractivity contribution in [3.05, 3.63) is 101 Å². The zero-order valence-electron chi connectivity index (χ0n) is 17.1. The fourth-order valence-corrected chi connectivity index (χ4v) is 3.74. The molecule has 1 aliphatic rings. The smallest absolute Gasteiger partial charge is 0.300 e. The fraction of sp³-hybridized carbons (Fsp3) is 0.120. The van der Waals surface area contributed by atoms with Crippen LogP contribution >= 0.6 is 0 Å². The Bertz CT molecular complexity index is 1220. The average molecular weight is 435 g/mol. The predicted molar refractivity (Wildman–Crippen MR) is 115 cm³/mol. The molecule has 0 saturated carbocycles. The third-order valence-corrected chi connectivity index (χ3v) is 5.16. The summed E-state index contributed by atoms with van der Waals surface area (Å²) in [7, 11) is 0. The van der Waals surface area contributed by atoms with Crippen LogP contribution in [0.15, 0.2) is 78.4 Å². The minimum Gasteiger partial charge on any atom is -0.507 e. The van der Waals surface area contributed by atoms with Gasteiger partial charge < -0.3 is 9.84 Å². The van der Waals surface area contributed by atoms with Crippen LogP contribution in [-0.2, 0) is 9.59 Å². The number of aliphatic hydroxyl groups excluding tert-OH is 1. The molecule has 3 aromatic carbocycles. The van der Waals surface area contributed by atoms with E-state index in [1.807, 2.05) is 6.92 Å². The molecule has 0 radical (unpaired) electrons. The molecule has 4 rings (SSSR count). The molecule has 7 heteroatoms. The number of hydrogen-bond acceptors (Lipinski definition) is 4. The van der Waals surface area contributed by atoms with Crippen LogP contribution in [0.2, 0.25) is 0 Å². The monoisotopic (exact) mass is 435 g/mol. The van der Waals surface area contributed by atoms with Crippen molar-refractivity contribution in [3.63, 3.8) is 0 Å². The molecule has 1 amide bonds. The number of nitrogens with zero attached hydrogens (tertiary/aromatic N) is 1. The number of ether oxygens (including phenoxy) is 1. The molecule has 3 aromatic rings. The number of Topliss-reactive ketones (excluding diaryl/α,β-unsaturated/α-hetero) is 1. The minimum atomic E-state index is -1.16. The molecule has 1 fully saturated rings.